The molecule has 0 bridgehead atoms. The molecule has 1 aromatic rings. The molecule has 2 heterocycles. The molecular formula is C15H25N5O3. The van der Waals surface area contributed by atoms with Gasteiger partial charge in [0.25, 0.3) is 5.88 Å². The van der Waals surface area contributed by atoms with E-state index in [1.807, 2.05) is 7.05 Å². The van der Waals surface area contributed by atoms with E-state index in [1.165, 1.54) is 0 Å². The number of urea groups is 1. The Kier molecular flexibility index (Phi) is 6.40. The number of methoxy groups -OCH3 is 2. The lowest BCUT2D eigenvalue weighted by atomic mass is 10.2. The first-order valence-electron chi connectivity index (χ1n) is 7.77. The van der Waals surface area contributed by atoms with E-state index in [2.05, 4.69) is 20.2 Å². The molecule has 0 aromatic carbocycles. The van der Waals surface area contributed by atoms with Crippen molar-refractivity contribution in [2.24, 2.45) is 0 Å². The minimum Gasteiger partial charge on any atom is -0.478 e. The molecule has 0 aliphatic carbocycles. The second-order valence-electron chi connectivity index (χ2n) is 5.47. The zero-order valence-corrected chi connectivity index (χ0v) is 14.0. The van der Waals surface area contributed by atoms with E-state index in [0.29, 0.717) is 19.0 Å². The van der Waals surface area contributed by atoms with Gasteiger partial charge in [0.1, 0.15) is 0 Å². The van der Waals surface area contributed by atoms with Crippen LogP contribution in [-0.2, 0) is 4.74 Å². The van der Waals surface area contributed by atoms with Crippen LogP contribution in [0.2, 0.25) is 0 Å². The van der Waals surface area contributed by atoms with Gasteiger partial charge in [-0.2, -0.15) is 0 Å². The molecule has 23 heavy (non-hydrogen) atoms. The molecule has 1 aliphatic rings. The zero-order valence-electron chi connectivity index (χ0n) is 14.0. The second-order valence-corrected chi connectivity index (χ2v) is 5.47. The van der Waals surface area contributed by atoms with E-state index in [9.17, 15) is 4.79 Å². The first-order valence-corrected chi connectivity index (χ1v) is 7.77. The maximum atomic E-state index is 12.2. The van der Waals surface area contributed by atoms with Crippen LogP contribution < -0.4 is 15.0 Å². The topological polar surface area (TPSA) is 79.8 Å². The molecule has 0 radical (unpaired) electrons. The predicted octanol–water partition coefficient (Wildman–Crippen LogP) is 0.742. The quantitative estimate of drug-likeness (QED) is 0.746. The number of rotatable bonds is 7. The summed E-state index contributed by atoms with van der Waals surface area (Å²) in [4.78, 5) is 24.5. The number of anilines is 1. The Morgan fingerprint density at radius 3 is 2.96 bits per heavy atom. The van der Waals surface area contributed by atoms with Gasteiger partial charge < -0.3 is 24.6 Å². The summed E-state index contributed by atoms with van der Waals surface area (Å²) in [6.45, 7) is 2.80. The first kappa shape index (κ1) is 17.3. The largest absolute Gasteiger partial charge is 0.478 e. The van der Waals surface area contributed by atoms with Crippen molar-refractivity contribution in [2.75, 3.05) is 52.4 Å². The van der Waals surface area contributed by atoms with E-state index < -0.39 is 0 Å². The SMILES string of the molecule is COCCCNC(=O)N(C)C1CCN(c2nccnc2OC)C1. The molecule has 1 saturated heterocycles. The number of hydrogen-bond donors (Lipinski definition) is 1. The molecule has 1 N–H and O–H groups in total. The fourth-order valence-electron chi connectivity index (χ4n) is 2.63. The first-order chi connectivity index (χ1) is 11.2. The van der Waals surface area contributed by atoms with Crippen LogP contribution in [-0.4, -0.2) is 74.4 Å². The van der Waals surface area contributed by atoms with Gasteiger partial charge in [-0.05, 0) is 12.8 Å². The number of nitrogens with one attached hydrogen (secondary N) is 1. The van der Waals surface area contributed by atoms with Gasteiger partial charge in [0, 0.05) is 52.8 Å². The van der Waals surface area contributed by atoms with Crippen LogP contribution in [0.4, 0.5) is 10.6 Å². The molecule has 1 fully saturated rings. The van der Waals surface area contributed by atoms with Gasteiger partial charge in [0.2, 0.25) is 0 Å². The molecule has 1 unspecified atom stereocenters. The lowest BCUT2D eigenvalue weighted by molar-refractivity contribution is 0.183. The molecule has 1 aromatic heterocycles. The highest BCUT2D eigenvalue weighted by molar-refractivity contribution is 5.74. The van der Waals surface area contributed by atoms with Crippen molar-refractivity contribution in [1.82, 2.24) is 20.2 Å². The van der Waals surface area contributed by atoms with Crippen LogP contribution in [0.25, 0.3) is 0 Å². The van der Waals surface area contributed by atoms with Gasteiger partial charge in [-0.1, -0.05) is 0 Å². The highest BCUT2D eigenvalue weighted by Crippen LogP contribution is 2.27. The highest BCUT2D eigenvalue weighted by atomic mass is 16.5. The third-order valence-electron chi connectivity index (χ3n) is 3.97. The van der Waals surface area contributed by atoms with Crippen molar-refractivity contribution in [3.8, 4) is 5.88 Å². The second kappa shape index (κ2) is 8.52. The molecule has 0 spiro atoms. The Hall–Kier alpha value is -2.09. The highest BCUT2D eigenvalue weighted by Gasteiger charge is 2.30. The summed E-state index contributed by atoms with van der Waals surface area (Å²) < 4.78 is 10.2. The summed E-state index contributed by atoms with van der Waals surface area (Å²) in [5.74, 6) is 1.24. The third kappa shape index (κ3) is 4.44. The van der Waals surface area contributed by atoms with E-state index in [-0.39, 0.29) is 12.1 Å². The molecule has 1 aliphatic heterocycles. The van der Waals surface area contributed by atoms with Crippen molar-refractivity contribution in [3.05, 3.63) is 12.4 Å². The molecule has 8 heteroatoms. The Morgan fingerprint density at radius 1 is 1.43 bits per heavy atom. The van der Waals surface area contributed by atoms with E-state index in [4.69, 9.17) is 9.47 Å². The van der Waals surface area contributed by atoms with Crippen LogP contribution >= 0.6 is 0 Å². The molecule has 2 amide bonds. The number of amides is 2. The fourth-order valence-corrected chi connectivity index (χ4v) is 2.63. The standard InChI is InChI=1S/C15H25N5O3/c1-19(15(21)18-6-4-10-22-2)12-5-9-20(11-12)13-14(23-3)17-8-7-16-13/h7-8,12H,4-6,9-11H2,1-3H3,(H,18,21). The third-order valence-corrected chi connectivity index (χ3v) is 3.97. The van der Waals surface area contributed by atoms with Crippen molar-refractivity contribution >= 4 is 11.8 Å². The lowest BCUT2D eigenvalue weighted by Gasteiger charge is -2.25. The van der Waals surface area contributed by atoms with E-state index >= 15 is 0 Å². The van der Waals surface area contributed by atoms with E-state index in [0.717, 1.165) is 31.7 Å². The lowest BCUT2D eigenvalue weighted by Crippen LogP contribution is -2.45. The molecule has 1 atom stereocenters. The Bertz CT molecular complexity index is 514. The summed E-state index contributed by atoms with van der Waals surface area (Å²) in [5.41, 5.74) is 0. The van der Waals surface area contributed by atoms with Gasteiger partial charge in [0.05, 0.1) is 13.2 Å². The average Bonchev–Trinajstić information content (AvgIpc) is 3.07. The number of likely N-dealkylation sites (N-methyl/N-ethyl adjacent to an activating group) is 1. The van der Waals surface area contributed by atoms with Crippen LogP contribution in [0.1, 0.15) is 12.8 Å². The van der Waals surface area contributed by atoms with Crippen molar-refractivity contribution in [2.45, 2.75) is 18.9 Å². The Balaban J connectivity index is 1.87. The normalized spacial score (nSPS) is 17.2. The maximum absolute atomic E-state index is 12.2. The minimum atomic E-state index is -0.0564. The predicted molar refractivity (Wildman–Crippen MR) is 86.9 cm³/mol. The van der Waals surface area contributed by atoms with E-state index in [1.54, 1.807) is 31.5 Å². The molecule has 0 saturated carbocycles. The van der Waals surface area contributed by atoms with Gasteiger partial charge in [-0.3, -0.25) is 0 Å². The van der Waals surface area contributed by atoms with Crippen LogP contribution in [0.3, 0.4) is 0 Å². The Morgan fingerprint density at radius 2 is 2.22 bits per heavy atom. The van der Waals surface area contributed by atoms with Crippen molar-refractivity contribution < 1.29 is 14.3 Å². The monoisotopic (exact) mass is 323 g/mol. The molecule has 128 valence electrons. The zero-order chi connectivity index (χ0) is 16.7. The summed E-state index contributed by atoms with van der Waals surface area (Å²) >= 11 is 0. The van der Waals surface area contributed by atoms with Gasteiger partial charge >= 0.3 is 6.03 Å². The van der Waals surface area contributed by atoms with Gasteiger partial charge in [-0.25, -0.2) is 14.8 Å². The van der Waals surface area contributed by atoms with Crippen LogP contribution in [0.15, 0.2) is 12.4 Å². The average molecular weight is 323 g/mol. The molecular weight excluding hydrogens is 298 g/mol. The minimum absolute atomic E-state index is 0.0564. The van der Waals surface area contributed by atoms with Crippen molar-refractivity contribution in [3.63, 3.8) is 0 Å². The molecule has 8 nitrogen and oxygen atoms in total. The summed E-state index contributed by atoms with van der Waals surface area (Å²) in [6, 6.07) is 0.0863. The maximum Gasteiger partial charge on any atom is 0.317 e. The number of carbonyl (C=O) groups is 1. The molecule has 2 rings (SSSR count). The Labute approximate surface area is 136 Å². The number of aromatic nitrogens is 2. The summed E-state index contributed by atoms with van der Waals surface area (Å²) in [5, 5.41) is 2.91. The van der Waals surface area contributed by atoms with Crippen LogP contribution in [0, 0.1) is 0 Å². The van der Waals surface area contributed by atoms with Gasteiger partial charge in [-0.15, -0.1) is 0 Å². The summed E-state index contributed by atoms with van der Waals surface area (Å²) in [7, 11) is 5.07. The van der Waals surface area contributed by atoms with Gasteiger partial charge in [0.15, 0.2) is 5.82 Å². The number of nitrogens with zero attached hydrogens (tertiary/aromatic N) is 4. The summed E-state index contributed by atoms with van der Waals surface area (Å²) in [6.07, 6.45) is 4.96. The number of hydrogen-bond acceptors (Lipinski definition) is 6. The number of ether oxygens (including phenoxy) is 2. The fraction of sp³-hybridized carbons (Fsp3) is 0.667. The van der Waals surface area contributed by atoms with Crippen molar-refractivity contribution in [1.29, 1.82) is 0 Å². The number of carbonyl (C=O) groups excluding carboxylic acids is 1. The smallest absolute Gasteiger partial charge is 0.317 e. The van der Waals surface area contributed by atoms with Crippen LogP contribution in [0.5, 0.6) is 5.88 Å².